The highest BCUT2D eigenvalue weighted by Gasteiger charge is 2.27. The number of imidazole rings is 1. The first-order valence-corrected chi connectivity index (χ1v) is 7.04. The van der Waals surface area contributed by atoms with Gasteiger partial charge in [-0.3, -0.25) is 9.59 Å². The van der Waals surface area contributed by atoms with Gasteiger partial charge in [0, 0.05) is 57.5 Å². The fourth-order valence-electron chi connectivity index (χ4n) is 2.77. The van der Waals surface area contributed by atoms with Gasteiger partial charge in [0.2, 0.25) is 17.8 Å². The second-order valence-electron chi connectivity index (χ2n) is 5.29. The van der Waals surface area contributed by atoms with E-state index >= 15 is 0 Å². The second-order valence-corrected chi connectivity index (χ2v) is 5.29. The van der Waals surface area contributed by atoms with E-state index in [0.717, 1.165) is 25.5 Å². The molecule has 0 saturated carbocycles. The van der Waals surface area contributed by atoms with Crippen molar-refractivity contribution in [3.8, 4) is 0 Å². The van der Waals surface area contributed by atoms with Crippen molar-refractivity contribution >= 4 is 17.8 Å². The molecule has 20 heavy (non-hydrogen) atoms. The van der Waals surface area contributed by atoms with Crippen molar-refractivity contribution in [3.05, 3.63) is 12.4 Å². The summed E-state index contributed by atoms with van der Waals surface area (Å²) < 4.78 is 0. The topological polar surface area (TPSA) is 81.3 Å². The average Bonchev–Trinajstić information content (AvgIpc) is 3.11. The Morgan fingerprint density at radius 1 is 1.35 bits per heavy atom. The summed E-state index contributed by atoms with van der Waals surface area (Å²) in [6.07, 6.45) is 5.28. The third-order valence-electron chi connectivity index (χ3n) is 3.92. The van der Waals surface area contributed by atoms with Gasteiger partial charge >= 0.3 is 0 Å². The number of carbonyl (C=O) groups excluding carboxylic acids is 2. The zero-order valence-electron chi connectivity index (χ0n) is 11.3. The summed E-state index contributed by atoms with van der Waals surface area (Å²) in [5.74, 6) is 1.06. The molecule has 3 heterocycles. The van der Waals surface area contributed by atoms with E-state index in [1.807, 2.05) is 4.90 Å². The fraction of sp³-hybridized carbons (Fsp3) is 0.615. The second kappa shape index (κ2) is 5.52. The van der Waals surface area contributed by atoms with Crippen molar-refractivity contribution < 1.29 is 9.59 Å². The number of hydrogen-bond donors (Lipinski definition) is 2. The maximum absolute atomic E-state index is 12.2. The maximum Gasteiger partial charge on any atom is 0.224 e. The van der Waals surface area contributed by atoms with E-state index in [9.17, 15) is 9.59 Å². The molecule has 7 heteroatoms. The van der Waals surface area contributed by atoms with E-state index in [0.29, 0.717) is 25.9 Å². The zero-order chi connectivity index (χ0) is 13.9. The quantitative estimate of drug-likeness (QED) is 0.796. The minimum atomic E-state index is 0.0260. The minimum Gasteiger partial charge on any atom is -0.353 e. The number of piperazine rings is 1. The van der Waals surface area contributed by atoms with E-state index < -0.39 is 0 Å². The Labute approximate surface area is 117 Å². The number of amides is 2. The van der Waals surface area contributed by atoms with Gasteiger partial charge in [0.05, 0.1) is 0 Å². The third-order valence-corrected chi connectivity index (χ3v) is 3.92. The molecule has 2 aliphatic rings. The van der Waals surface area contributed by atoms with Crippen molar-refractivity contribution in [2.24, 2.45) is 0 Å². The maximum atomic E-state index is 12.2. The van der Waals surface area contributed by atoms with Crippen LogP contribution in [0.4, 0.5) is 5.95 Å². The summed E-state index contributed by atoms with van der Waals surface area (Å²) >= 11 is 0. The van der Waals surface area contributed by atoms with Crippen LogP contribution in [0.2, 0.25) is 0 Å². The van der Waals surface area contributed by atoms with E-state index in [2.05, 4.69) is 20.2 Å². The molecule has 2 aliphatic heterocycles. The monoisotopic (exact) mass is 277 g/mol. The highest BCUT2D eigenvalue weighted by atomic mass is 16.2. The Kier molecular flexibility index (Phi) is 3.58. The Morgan fingerprint density at radius 2 is 2.15 bits per heavy atom. The summed E-state index contributed by atoms with van der Waals surface area (Å²) in [6, 6.07) is 0.0260. The Morgan fingerprint density at radius 3 is 2.75 bits per heavy atom. The number of nitrogens with zero attached hydrogens (tertiary/aromatic N) is 3. The summed E-state index contributed by atoms with van der Waals surface area (Å²) in [5.41, 5.74) is 0. The normalized spacial score (nSPS) is 23.0. The van der Waals surface area contributed by atoms with Crippen LogP contribution >= 0.6 is 0 Å². The van der Waals surface area contributed by atoms with Gasteiger partial charge in [-0.2, -0.15) is 0 Å². The molecule has 1 unspecified atom stereocenters. The molecular formula is C13H19N5O2. The molecule has 1 aromatic rings. The molecule has 0 spiro atoms. The Bertz CT molecular complexity index is 479. The number of rotatable bonds is 3. The standard InChI is InChI=1S/C13H19N5O2/c19-11-2-1-10(16-11)9-12(20)17-5-7-18(8-6-17)13-14-3-4-15-13/h3-4,10H,1-2,5-9H2,(H,14,15)(H,16,19). The van der Waals surface area contributed by atoms with Crippen LogP contribution in [0.15, 0.2) is 12.4 Å². The number of aromatic amines is 1. The first-order valence-electron chi connectivity index (χ1n) is 7.04. The molecule has 0 radical (unpaired) electrons. The molecule has 0 aromatic carbocycles. The van der Waals surface area contributed by atoms with Gasteiger partial charge in [0.25, 0.3) is 0 Å². The van der Waals surface area contributed by atoms with Crippen LogP contribution in [-0.2, 0) is 9.59 Å². The molecule has 7 nitrogen and oxygen atoms in total. The Balaban J connectivity index is 1.48. The van der Waals surface area contributed by atoms with Crippen molar-refractivity contribution in [2.45, 2.75) is 25.3 Å². The first-order chi connectivity index (χ1) is 9.72. The predicted octanol–water partition coefficient (Wildman–Crippen LogP) is -0.273. The van der Waals surface area contributed by atoms with E-state index in [1.54, 1.807) is 12.4 Å². The van der Waals surface area contributed by atoms with Gasteiger partial charge in [-0.25, -0.2) is 4.98 Å². The smallest absolute Gasteiger partial charge is 0.224 e. The van der Waals surface area contributed by atoms with Gasteiger partial charge in [0.15, 0.2) is 0 Å². The SMILES string of the molecule is O=C1CCC(CC(=O)N2CCN(c3ncc[nH]3)CC2)N1. The van der Waals surface area contributed by atoms with Gasteiger partial charge < -0.3 is 20.1 Å². The molecule has 108 valence electrons. The van der Waals surface area contributed by atoms with Crippen LogP contribution in [0, 0.1) is 0 Å². The van der Waals surface area contributed by atoms with Crippen LogP contribution in [0.5, 0.6) is 0 Å². The lowest BCUT2D eigenvalue weighted by atomic mass is 10.1. The molecule has 1 atom stereocenters. The van der Waals surface area contributed by atoms with Crippen LogP contribution in [0.25, 0.3) is 0 Å². The molecule has 2 amide bonds. The minimum absolute atomic E-state index is 0.0260. The summed E-state index contributed by atoms with van der Waals surface area (Å²) in [4.78, 5) is 34.6. The summed E-state index contributed by atoms with van der Waals surface area (Å²) in [5, 5.41) is 2.84. The van der Waals surface area contributed by atoms with Crippen molar-refractivity contribution in [1.82, 2.24) is 20.2 Å². The van der Waals surface area contributed by atoms with Gasteiger partial charge in [0.1, 0.15) is 0 Å². The third kappa shape index (κ3) is 2.76. The van der Waals surface area contributed by atoms with Gasteiger partial charge in [-0.15, -0.1) is 0 Å². The van der Waals surface area contributed by atoms with Crippen LogP contribution in [0.3, 0.4) is 0 Å². The Hall–Kier alpha value is -2.05. The van der Waals surface area contributed by atoms with Crippen LogP contribution in [0.1, 0.15) is 19.3 Å². The molecule has 2 N–H and O–H groups in total. The average molecular weight is 277 g/mol. The highest BCUT2D eigenvalue weighted by molar-refractivity contribution is 5.82. The lowest BCUT2D eigenvalue weighted by molar-refractivity contribution is -0.132. The van der Waals surface area contributed by atoms with Crippen LogP contribution < -0.4 is 10.2 Å². The molecule has 3 rings (SSSR count). The highest BCUT2D eigenvalue weighted by Crippen LogP contribution is 2.14. The molecule has 0 aliphatic carbocycles. The van der Waals surface area contributed by atoms with Gasteiger partial charge in [-0.1, -0.05) is 0 Å². The number of anilines is 1. The number of hydrogen-bond acceptors (Lipinski definition) is 4. The molecular weight excluding hydrogens is 258 g/mol. The fourth-order valence-corrected chi connectivity index (χ4v) is 2.77. The molecule has 1 aromatic heterocycles. The zero-order valence-corrected chi connectivity index (χ0v) is 11.3. The number of aromatic nitrogens is 2. The predicted molar refractivity (Wildman–Crippen MR) is 73.2 cm³/mol. The molecule has 2 fully saturated rings. The number of H-pyrrole nitrogens is 1. The van der Waals surface area contributed by atoms with Crippen molar-refractivity contribution in [3.63, 3.8) is 0 Å². The van der Waals surface area contributed by atoms with Crippen molar-refractivity contribution in [2.75, 3.05) is 31.1 Å². The number of nitrogens with one attached hydrogen (secondary N) is 2. The number of carbonyl (C=O) groups is 2. The van der Waals surface area contributed by atoms with E-state index in [4.69, 9.17) is 0 Å². The summed E-state index contributed by atoms with van der Waals surface area (Å²) in [6.45, 7) is 2.99. The van der Waals surface area contributed by atoms with Crippen LogP contribution in [-0.4, -0.2) is 58.9 Å². The molecule has 2 saturated heterocycles. The van der Waals surface area contributed by atoms with E-state index in [1.165, 1.54) is 0 Å². The lowest BCUT2D eigenvalue weighted by Crippen LogP contribution is -2.50. The lowest BCUT2D eigenvalue weighted by Gasteiger charge is -2.35. The van der Waals surface area contributed by atoms with Crippen molar-refractivity contribution in [1.29, 1.82) is 0 Å². The largest absolute Gasteiger partial charge is 0.353 e. The van der Waals surface area contributed by atoms with Gasteiger partial charge in [-0.05, 0) is 6.42 Å². The van der Waals surface area contributed by atoms with E-state index in [-0.39, 0.29) is 17.9 Å². The molecule has 0 bridgehead atoms. The first kappa shape index (κ1) is 13.0. The summed E-state index contributed by atoms with van der Waals surface area (Å²) in [7, 11) is 0.